The normalized spacial score (nSPS) is 19.0. The van der Waals surface area contributed by atoms with Crippen LogP contribution in [0.5, 0.6) is 5.75 Å². The first-order chi connectivity index (χ1) is 14.5. The number of hydrogen-bond acceptors (Lipinski definition) is 4. The van der Waals surface area contributed by atoms with Crippen LogP contribution in [-0.2, 0) is 11.8 Å². The van der Waals surface area contributed by atoms with Gasteiger partial charge in [-0.1, -0.05) is 6.07 Å². The van der Waals surface area contributed by atoms with Crippen LogP contribution in [0, 0.1) is 12.7 Å². The van der Waals surface area contributed by atoms with E-state index in [1.807, 2.05) is 29.5 Å². The molecule has 0 saturated carbocycles. The lowest BCUT2D eigenvalue weighted by Gasteiger charge is -2.30. The molecular formula is C23H25FN4O2. The van der Waals surface area contributed by atoms with Crippen LogP contribution < -0.4 is 15.0 Å². The molecule has 156 valence electrons. The summed E-state index contributed by atoms with van der Waals surface area (Å²) in [6.07, 6.45) is 3.31. The fourth-order valence-corrected chi connectivity index (χ4v) is 4.43. The number of nitrogens with one attached hydrogen (secondary N) is 1. The Bertz CT molecular complexity index is 1140. The second-order valence-corrected chi connectivity index (χ2v) is 8.10. The Morgan fingerprint density at radius 3 is 2.93 bits per heavy atom. The third-order valence-electron chi connectivity index (χ3n) is 6.17. The van der Waals surface area contributed by atoms with E-state index >= 15 is 0 Å². The summed E-state index contributed by atoms with van der Waals surface area (Å²) < 4.78 is 21.4. The SMILES string of the molecule is Cc1nc2c(NC3CCOc4cc(F)ccc43)cc(N3CCCCC3=O)cc2n1C. The highest BCUT2D eigenvalue weighted by molar-refractivity contribution is 5.99. The Labute approximate surface area is 174 Å². The van der Waals surface area contributed by atoms with Gasteiger partial charge in [0.05, 0.1) is 23.9 Å². The molecule has 1 amide bonds. The average molecular weight is 408 g/mol. The van der Waals surface area contributed by atoms with Crippen molar-refractivity contribution in [3.63, 3.8) is 0 Å². The Morgan fingerprint density at radius 1 is 1.23 bits per heavy atom. The average Bonchev–Trinajstić information content (AvgIpc) is 3.03. The van der Waals surface area contributed by atoms with Crippen LogP contribution in [0.1, 0.15) is 43.1 Å². The van der Waals surface area contributed by atoms with Gasteiger partial charge in [-0.2, -0.15) is 0 Å². The van der Waals surface area contributed by atoms with Crippen molar-refractivity contribution < 1.29 is 13.9 Å². The minimum Gasteiger partial charge on any atom is -0.493 e. The number of nitrogens with zero attached hydrogens (tertiary/aromatic N) is 3. The highest BCUT2D eigenvalue weighted by Gasteiger charge is 2.25. The van der Waals surface area contributed by atoms with Crippen molar-refractivity contribution in [1.82, 2.24) is 9.55 Å². The third-order valence-corrected chi connectivity index (χ3v) is 6.17. The molecule has 3 heterocycles. The number of rotatable bonds is 3. The number of halogens is 1. The topological polar surface area (TPSA) is 59.4 Å². The molecule has 5 rings (SSSR count). The van der Waals surface area contributed by atoms with Crippen LogP contribution in [0.25, 0.3) is 11.0 Å². The molecule has 2 aliphatic rings. The second-order valence-electron chi connectivity index (χ2n) is 8.10. The van der Waals surface area contributed by atoms with Gasteiger partial charge in [-0.15, -0.1) is 0 Å². The number of aryl methyl sites for hydroxylation is 2. The van der Waals surface area contributed by atoms with Crippen molar-refractivity contribution in [1.29, 1.82) is 0 Å². The Hall–Kier alpha value is -3.09. The van der Waals surface area contributed by atoms with Crippen LogP contribution in [0.4, 0.5) is 15.8 Å². The number of carbonyl (C=O) groups is 1. The highest BCUT2D eigenvalue weighted by Crippen LogP contribution is 2.38. The predicted molar refractivity (Wildman–Crippen MR) is 115 cm³/mol. The summed E-state index contributed by atoms with van der Waals surface area (Å²) in [5.41, 5.74) is 4.56. The van der Waals surface area contributed by atoms with Gasteiger partial charge in [-0.05, 0) is 38.0 Å². The summed E-state index contributed by atoms with van der Waals surface area (Å²) in [6, 6.07) is 8.73. The number of aromatic nitrogens is 2. The molecule has 0 spiro atoms. The fourth-order valence-electron chi connectivity index (χ4n) is 4.43. The monoisotopic (exact) mass is 408 g/mol. The quantitative estimate of drug-likeness (QED) is 0.695. The number of benzene rings is 2. The lowest BCUT2D eigenvalue weighted by atomic mass is 9.99. The largest absolute Gasteiger partial charge is 0.493 e. The van der Waals surface area contributed by atoms with Crippen LogP contribution >= 0.6 is 0 Å². The van der Waals surface area contributed by atoms with E-state index in [-0.39, 0.29) is 17.8 Å². The summed E-state index contributed by atoms with van der Waals surface area (Å²) in [4.78, 5) is 19.2. The molecule has 7 heteroatoms. The smallest absolute Gasteiger partial charge is 0.226 e. The molecule has 1 N–H and O–H groups in total. The zero-order chi connectivity index (χ0) is 20.8. The minimum absolute atomic E-state index is 0.0211. The molecule has 2 aromatic carbocycles. The number of hydrogen-bond donors (Lipinski definition) is 1. The van der Waals surface area contributed by atoms with Gasteiger partial charge in [0.15, 0.2) is 0 Å². The van der Waals surface area contributed by atoms with Gasteiger partial charge in [0, 0.05) is 43.8 Å². The maximum atomic E-state index is 13.6. The summed E-state index contributed by atoms with van der Waals surface area (Å²) in [6.45, 7) is 3.23. The van der Waals surface area contributed by atoms with Gasteiger partial charge in [-0.3, -0.25) is 4.79 Å². The van der Waals surface area contributed by atoms with Crippen LogP contribution in [0.3, 0.4) is 0 Å². The summed E-state index contributed by atoms with van der Waals surface area (Å²) in [7, 11) is 1.99. The van der Waals surface area contributed by atoms with E-state index in [0.29, 0.717) is 18.8 Å². The Kier molecular flexibility index (Phi) is 4.60. The zero-order valence-corrected chi connectivity index (χ0v) is 17.2. The van der Waals surface area contributed by atoms with E-state index in [4.69, 9.17) is 9.72 Å². The lowest BCUT2D eigenvalue weighted by Crippen LogP contribution is -2.35. The third kappa shape index (κ3) is 3.18. The number of ether oxygens (including phenoxy) is 1. The first-order valence-electron chi connectivity index (χ1n) is 10.5. The van der Waals surface area contributed by atoms with Crippen molar-refractivity contribution >= 4 is 28.3 Å². The summed E-state index contributed by atoms with van der Waals surface area (Å²) in [5, 5.41) is 3.62. The van der Waals surface area contributed by atoms with E-state index in [0.717, 1.165) is 59.6 Å². The second kappa shape index (κ2) is 7.31. The number of piperidine rings is 1. The van der Waals surface area contributed by atoms with Crippen LogP contribution in [0.15, 0.2) is 30.3 Å². The maximum absolute atomic E-state index is 13.6. The number of amides is 1. The molecule has 1 unspecified atom stereocenters. The molecule has 1 atom stereocenters. The van der Waals surface area contributed by atoms with E-state index in [9.17, 15) is 9.18 Å². The molecule has 6 nitrogen and oxygen atoms in total. The van der Waals surface area contributed by atoms with Gasteiger partial charge in [0.25, 0.3) is 0 Å². The van der Waals surface area contributed by atoms with Gasteiger partial charge in [-0.25, -0.2) is 9.37 Å². The first kappa shape index (κ1) is 18.9. The van der Waals surface area contributed by atoms with E-state index in [2.05, 4.69) is 11.4 Å². The summed E-state index contributed by atoms with van der Waals surface area (Å²) in [5.74, 6) is 1.35. The standard InChI is InChI=1S/C23H25FN4O2/c1-14-25-23-19(26-18-8-10-30-21-11-15(24)6-7-17(18)21)12-16(13-20(23)27(14)2)28-9-4-3-5-22(28)29/h6-7,11-13,18,26H,3-5,8-10H2,1-2H3. The van der Waals surface area contributed by atoms with Gasteiger partial charge in [0.2, 0.25) is 5.91 Å². The molecule has 2 aliphatic heterocycles. The number of anilines is 2. The zero-order valence-electron chi connectivity index (χ0n) is 17.2. The minimum atomic E-state index is -0.303. The highest BCUT2D eigenvalue weighted by atomic mass is 19.1. The predicted octanol–water partition coefficient (Wildman–Crippen LogP) is 4.47. The van der Waals surface area contributed by atoms with Crippen molar-refractivity contribution in [2.45, 2.75) is 38.6 Å². The van der Waals surface area contributed by atoms with Crippen LogP contribution in [-0.4, -0.2) is 28.6 Å². The van der Waals surface area contributed by atoms with Crippen molar-refractivity contribution in [2.75, 3.05) is 23.4 Å². The fraction of sp³-hybridized carbons (Fsp3) is 0.391. The number of carbonyl (C=O) groups excluding carboxylic acids is 1. The van der Waals surface area contributed by atoms with E-state index in [1.165, 1.54) is 12.1 Å². The lowest BCUT2D eigenvalue weighted by molar-refractivity contribution is -0.119. The molecule has 1 fully saturated rings. The molecule has 1 saturated heterocycles. The van der Waals surface area contributed by atoms with Crippen LogP contribution in [0.2, 0.25) is 0 Å². The van der Waals surface area contributed by atoms with Gasteiger partial charge >= 0.3 is 0 Å². The molecule has 1 aromatic heterocycles. The van der Waals surface area contributed by atoms with Crippen molar-refractivity contribution in [2.24, 2.45) is 7.05 Å². The van der Waals surface area contributed by atoms with E-state index < -0.39 is 0 Å². The van der Waals surface area contributed by atoms with Crippen molar-refractivity contribution in [3.8, 4) is 5.75 Å². The number of fused-ring (bicyclic) bond motifs is 2. The van der Waals surface area contributed by atoms with Gasteiger partial charge < -0.3 is 19.5 Å². The first-order valence-corrected chi connectivity index (χ1v) is 10.5. The maximum Gasteiger partial charge on any atom is 0.226 e. The molecule has 0 radical (unpaired) electrons. The molecule has 0 aliphatic carbocycles. The molecular weight excluding hydrogens is 383 g/mol. The number of imidazole rings is 1. The van der Waals surface area contributed by atoms with Gasteiger partial charge in [0.1, 0.15) is 22.9 Å². The molecule has 3 aromatic rings. The van der Waals surface area contributed by atoms with Crippen molar-refractivity contribution in [3.05, 3.63) is 47.5 Å². The Morgan fingerprint density at radius 2 is 2.10 bits per heavy atom. The summed E-state index contributed by atoms with van der Waals surface area (Å²) >= 11 is 0. The molecule has 0 bridgehead atoms. The molecule has 30 heavy (non-hydrogen) atoms. The van der Waals surface area contributed by atoms with E-state index in [1.54, 1.807) is 6.07 Å². The Balaban J connectivity index is 1.59.